The summed E-state index contributed by atoms with van der Waals surface area (Å²) in [5.74, 6) is 1.77. The molecule has 0 bridgehead atoms. The van der Waals surface area contributed by atoms with Crippen LogP contribution in [0, 0.1) is 5.92 Å². The molecule has 1 saturated heterocycles. The van der Waals surface area contributed by atoms with Crippen molar-refractivity contribution >= 4 is 33.2 Å². The summed E-state index contributed by atoms with van der Waals surface area (Å²) in [4.78, 5) is 19.2. The van der Waals surface area contributed by atoms with Crippen LogP contribution in [0.15, 0.2) is 35.5 Å². The third-order valence-corrected chi connectivity index (χ3v) is 8.25. The molecule has 4 rings (SSSR count). The summed E-state index contributed by atoms with van der Waals surface area (Å²) in [5, 5.41) is 7.81. The number of H-pyrrole nitrogens is 1. The zero-order valence-corrected chi connectivity index (χ0v) is 17.9. The summed E-state index contributed by atoms with van der Waals surface area (Å²) in [6.45, 7) is 0. The number of carbonyl (C=O) groups is 1. The number of aromatic nitrogens is 3. The highest BCUT2D eigenvalue weighted by molar-refractivity contribution is 7.99. The molecule has 1 aliphatic carbocycles. The number of hydrogen-bond donors (Lipinski definition) is 1. The van der Waals surface area contributed by atoms with Crippen molar-refractivity contribution in [3.63, 3.8) is 0 Å². The number of sulfone groups is 1. The Balaban J connectivity index is 1.41. The molecule has 1 saturated carbocycles. The number of thioether (sulfide) groups is 1. The van der Waals surface area contributed by atoms with Gasteiger partial charge in [0.05, 0.1) is 23.3 Å². The highest BCUT2D eigenvalue weighted by atomic mass is 32.2. The van der Waals surface area contributed by atoms with Gasteiger partial charge < -0.3 is 4.90 Å². The summed E-state index contributed by atoms with van der Waals surface area (Å²) in [7, 11) is -3.09. The maximum Gasteiger partial charge on any atom is 0.237 e. The normalized spacial score (nSPS) is 21.4. The van der Waals surface area contributed by atoms with Crippen molar-refractivity contribution in [3.8, 4) is 0 Å². The number of hydrogen-bond acceptors (Lipinski definition) is 6. The minimum atomic E-state index is -3.09. The molecule has 1 atom stereocenters. The lowest BCUT2D eigenvalue weighted by Crippen LogP contribution is -2.42. The monoisotopic (exact) mass is 434 g/mol. The van der Waals surface area contributed by atoms with E-state index in [0.717, 1.165) is 17.9 Å². The van der Waals surface area contributed by atoms with Crippen molar-refractivity contribution in [2.45, 2.75) is 49.7 Å². The average molecular weight is 435 g/mol. The van der Waals surface area contributed by atoms with Crippen LogP contribution in [0.4, 0.5) is 5.69 Å². The fraction of sp³-hybridized carbons (Fsp3) is 0.550. The second-order valence-corrected chi connectivity index (χ2v) is 11.0. The molecule has 1 aliphatic heterocycles. The SMILES string of the molecule is O=C(CSc1n[nH]c(CC2CCCC2)n1)N(c1ccccc1)[C@@H]1CCS(=O)(=O)C1. The van der Waals surface area contributed by atoms with Gasteiger partial charge >= 0.3 is 0 Å². The molecule has 0 radical (unpaired) electrons. The minimum absolute atomic E-state index is 0.0183. The molecule has 1 N–H and O–H groups in total. The van der Waals surface area contributed by atoms with Gasteiger partial charge in [0.1, 0.15) is 5.82 Å². The molecule has 1 amide bonds. The summed E-state index contributed by atoms with van der Waals surface area (Å²) in [6, 6.07) is 8.97. The molecule has 2 aliphatic rings. The number of benzene rings is 1. The Morgan fingerprint density at radius 3 is 2.62 bits per heavy atom. The van der Waals surface area contributed by atoms with Crippen LogP contribution < -0.4 is 4.90 Å². The number of rotatable bonds is 7. The molecule has 2 aromatic rings. The van der Waals surface area contributed by atoms with E-state index in [4.69, 9.17) is 0 Å². The Hall–Kier alpha value is -1.87. The average Bonchev–Trinajstić information content (AvgIpc) is 3.44. The van der Waals surface area contributed by atoms with Gasteiger partial charge in [-0.25, -0.2) is 13.4 Å². The predicted octanol–water partition coefficient (Wildman–Crippen LogP) is 2.85. The smallest absolute Gasteiger partial charge is 0.237 e. The Labute approximate surface area is 175 Å². The second kappa shape index (κ2) is 8.87. The summed E-state index contributed by atoms with van der Waals surface area (Å²) in [6.07, 6.45) is 6.47. The van der Waals surface area contributed by atoms with Gasteiger partial charge in [-0.3, -0.25) is 9.89 Å². The summed E-state index contributed by atoms with van der Waals surface area (Å²) in [5.41, 5.74) is 0.733. The zero-order chi connectivity index (χ0) is 20.3. The lowest BCUT2D eigenvalue weighted by Gasteiger charge is -2.28. The van der Waals surface area contributed by atoms with E-state index in [1.807, 2.05) is 30.3 Å². The van der Waals surface area contributed by atoms with Crippen LogP contribution in [0.5, 0.6) is 0 Å². The van der Waals surface area contributed by atoms with Crippen molar-refractivity contribution < 1.29 is 13.2 Å². The fourth-order valence-corrected chi connectivity index (χ4v) is 6.62. The molecule has 29 heavy (non-hydrogen) atoms. The van der Waals surface area contributed by atoms with Crippen LogP contribution in [-0.4, -0.2) is 52.8 Å². The number of nitrogens with zero attached hydrogens (tertiary/aromatic N) is 3. The first-order valence-corrected chi connectivity index (χ1v) is 12.9. The first-order valence-electron chi connectivity index (χ1n) is 10.1. The maximum atomic E-state index is 13.0. The molecule has 7 nitrogen and oxygen atoms in total. The van der Waals surface area contributed by atoms with Crippen molar-refractivity contribution in [2.24, 2.45) is 5.92 Å². The van der Waals surface area contributed by atoms with E-state index >= 15 is 0 Å². The second-order valence-electron chi connectivity index (χ2n) is 7.86. The van der Waals surface area contributed by atoms with E-state index in [-0.39, 0.29) is 29.2 Å². The van der Waals surface area contributed by atoms with Gasteiger partial charge in [-0.05, 0) is 24.5 Å². The lowest BCUT2D eigenvalue weighted by atomic mass is 10.0. The Bertz CT molecular complexity index is 940. The molecule has 2 fully saturated rings. The topological polar surface area (TPSA) is 96.0 Å². The van der Waals surface area contributed by atoms with E-state index < -0.39 is 9.84 Å². The van der Waals surface area contributed by atoms with E-state index in [1.54, 1.807) is 4.90 Å². The van der Waals surface area contributed by atoms with Crippen LogP contribution in [0.3, 0.4) is 0 Å². The minimum Gasteiger partial charge on any atom is -0.308 e. The van der Waals surface area contributed by atoms with E-state index in [0.29, 0.717) is 17.5 Å². The van der Waals surface area contributed by atoms with Crippen molar-refractivity contribution in [1.82, 2.24) is 15.2 Å². The number of aromatic amines is 1. The molecule has 1 aromatic heterocycles. The van der Waals surface area contributed by atoms with Crippen LogP contribution in [0.2, 0.25) is 0 Å². The first-order chi connectivity index (χ1) is 14.0. The maximum absolute atomic E-state index is 13.0. The van der Waals surface area contributed by atoms with Gasteiger partial charge in [-0.1, -0.05) is 55.6 Å². The Kier molecular flexibility index (Phi) is 6.24. The molecule has 9 heteroatoms. The molecular weight excluding hydrogens is 408 g/mol. The van der Waals surface area contributed by atoms with Crippen molar-refractivity contribution in [1.29, 1.82) is 0 Å². The molecule has 2 heterocycles. The van der Waals surface area contributed by atoms with Gasteiger partial charge in [-0.2, -0.15) is 0 Å². The summed E-state index contributed by atoms with van der Waals surface area (Å²) >= 11 is 1.29. The molecular formula is C20H26N4O3S2. The largest absolute Gasteiger partial charge is 0.308 e. The molecule has 1 aromatic carbocycles. The standard InChI is InChI=1S/C20H26N4O3S2/c25-19(13-28-20-21-18(22-23-20)12-15-6-4-5-7-15)24(16-8-2-1-3-9-16)17-10-11-29(26,27)14-17/h1-3,8-9,15,17H,4-7,10-14H2,(H,21,22,23)/t17-/m1/s1. The van der Waals surface area contributed by atoms with Crippen LogP contribution in [0.25, 0.3) is 0 Å². The van der Waals surface area contributed by atoms with Crippen molar-refractivity contribution in [3.05, 3.63) is 36.2 Å². The number of carbonyl (C=O) groups excluding carboxylic acids is 1. The van der Waals surface area contributed by atoms with Crippen LogP contribution in [-0.2, 0) is 21.1 Å². The highest BCUT2D eigenvalue weighted by Gasteiger charge is 2.35. The van der Waals surface area contributed by atoms with E-state index in [1.165, 1.54) is 37.4 Å². The number of anilines is 1. The number of nitrogens with one attached hydrogen (secondary N) is 1. The summed E-state index contributed by atoms with van der Waals surface area (Å²) < 4.78 is 23.9. The molecule has 0 unspecified atom stereocenters. The van der Waals surface area contributed by atoms with Gasteiger partial charge in [-0.15, -0.1) is 5.10 Å². The lowest BCUT2D eigenvalue weighted by molar-refractivity contribution is -0.116. The quantitative estimate of drug-likeness (QED) is 0.673. The van der Waals surface area contributed by atoms with Crippen molar-refractivity contribution in [2.75, 3.05) is 22.2 Å². The van der Waals surface area contributed by atoms with Gasteiger partial charge in [0.2, 0.25) is 11.1 Å². The van der Waals surface area contributed by atoms with Gasteiger partial charge in [0.25, 0.3) is 0 Å². The number of amides is 1. The predicted molar refractivity (Wildman–Crippen MR) is 114 cm³/mol. The first kappa shape index (κ1) is 20.4. The third-order valence-electron chi connectivity index (χ3n) is 5.67. The molecule has 156 valence electrons. The molecule has 0 spiro atoms. The van der Waals surface area contributed by atoms with Gasteiger partial charge in [0.15, 0.2) is 9.84 Å². The highest BCUT2D eigenvalue weighted by Crippen LogP contribution is 2.28. The van der Waals surface area contributed by atoms with Crippen LogP contribution >= 0.6 is 11.8 Å². The fourth-order valence-electron chi connectivity index (χ4n) is 4.24. The Morgan fingerprint density at radius 1 is 1.17 bits per heavy atom. The van der Waals surface area contributed by atoms with Crippen LogP contribution in [0.1, 0.15) is 37.9 Å². The Morgan fingerprint density at radius 2 is 1.93 bits per heavy atom. The van der Waals surface area contributed by atoms with Gasteiger partial charge in [0, 0.05) is 12.1 Å². The third kappa shape index (κ3) is 5.19. The number of para-hydroxylation sites is 1. The zero-order valence-electron chi connectivity index (χ0n) is 16.3. The van der Waals surface area contributed by atoms with E-state index in [9.17, 15) is 13.2 Å². The van der Waals surface area contributed by atoms with E-state index in [2.05, 4.69) is 15.2 Å².